The number of fused-ring (bicyclic) bond motifs is 1. The molecule has 11 heteroatoms. The molecule has 1 saturated heterocycles. The van der Waals surface area contributed by atoms with Crippen LogP contribution in [0.3, 0.4) is 0 Å². The van der Waals surface area contributed by atoms with Crippen molar-refractivity contribution in [3.05, 3.63) is 70.8 Å². The number of halogens is 1. The maximum absolute atomic E-state index is 14.0. The molecule has 0 spiro atoms. The van der Waals surface area contributed by atoms with Gasteiger partial charge in [0, 0.05) is 19.2 Å². The van der Waals surface area contributed by atoms with Crippen molar-refractivity contribution in [3.63, 3.8) is 0 Å². The van der Waals surface area contributed by atoms with Crippen LogP contribution in [0, 0.1) is 23.6 Å². The highest BCUT2D eigenvalue weighted by molar-refractivity contribution is 6.16. The van der Waals surface area contributed by atoms with Crippen molar-refractivity contribution in [2.45, 2.75) is 25.4 Å². The number of ether oxygens (including phenoxy) is 2. The lowest BCUT2D eigenvalue weighted by atomic mass is 9.68. The Morgan fingerprint density at radius 1 is 1.23 bits per heavy atom. The molecule has 2 aliphatic rings. The number of carbonyl (C=O) groups excluding carboxylic acids is 3. The Morgan fingerprint density at radius 3 is 2.62 bits per heavy atom. The first-order valence-corrected chi connectivity index (χ1v) is 12.8. The summed E-state index contributed by atoms with van der Waals surface area (Å²) in [6.07, 6.45) is 1.58. The minimum atomic E-state index is -1.14. The SMILES string of the molecule is COCC1=C([C@H](O)CC/C(=C/c2ccc(O)c(F)c2)c2ccccn2)[C@H](CO)[C@@H]2C(=O)N(C(=O)OC)C(=O)[C@@H]2C1. The predicted molar refractivity (Wildman–Crippen MR) is 141 cm³/mol. The number of allylic oxidation sites excluding steroid dienone is 1. The highest BCUT2D eigenvalue weighted by Gasteiger charge is 2.57. The van der Waals surface area contributed by atoms with E-state index in [1.807, 2.05) is 0 Å². The molecule has 2 heterocycles. The van der Waals surface area contributed by atoms with Gasteiger partial charge in [0.1, 0.15) is 0 Å². The van der Waals surface area contributed by atoms with Gasteiger partial charge in [0.05, 0.1) is 44.0 Å². The van der Waals surface area contributed by atoms with Crippen LogP contribution in [0.4, 0.5) is 9.18 Å². The van der Waals surface area contributed by atoms with Crippen molar-refractivity contribution in [1.29, 1.82) is 0 Å². The summed E-state index contributed by atoms with van der Waals surface area (Å²) in [4.78, 5) is 43.1. The smallest absolute Gasteiger partial charge is 0.423 e. The number of nitrogens with zero attached hydrogens (tertiary/aromatic N) is 2. The summed E-state index contributed by atoms with van der Waals surface area (Å²) < 4.78 is 23.9. The van der Waals surface area contributed by atoms with E-state index in [-0.39, 0.29) is 25.9 Å². The van der Waals surface area contributed by atoms with Gasteiger partial charge in [-0.15, -0.1) is 0 Å². The second kappa shape index (κ2) is 12.5. The normalized spacial score (nSPS) is 22.0. The van der Waals surface area contributed by atoms with Crippen LogP contribution >= 0.6 is 0 Å². The maximum atomic E-state index is 14.0. The molecular weight excluding hydrogens is 523 g/mol. The Hall–Kier alpha value is -3.93. The standard InChI is InChI=1S/C29H31FN2O8/c1-39-15-18-13-19-26(28(37)32(27(19)36)29(38)40-2)20(14-33)25(18)24(35)9-7-17(22-5-3-4-10-31-22)11-16-6-8-23(34)21(30)12-16/h3-6,8,10-12,19-20,24,26,33-35H,7,9,13-15H2,1-2H3/b17-11-/t19-,20+,24-,26-/m1/s1. The fourth-order valence-corrected chi connectivity index (χ4v) is 5.63. The van der Waals surface area contributed by atoms with Crippen LogP contribution in [0.25, 0.3) is 11.6 Å². The van der Waals surface area contributed by atoms with Crippen molar-refractivity contribution in [1.82, 2.24) is 9.88 Å². The highest BCUT2D eigenvalue weighted by Crippen LogP contribution is 2.46. The number of aromatic hydroxyl groups is 1. The minimum absolute atomic E-state index is 0.0571. The zero-order chi connectivity index (χ0) is 29.0. The Balaban J connectivity index is 1.65. The van der Waals surface area contributed by atoms with Gasteiger partial charge in [-0.3, -0.25) is 14.6 Å². The van der Waals surface area contributed by atoms with Crippen LogP contribution in [0.15, 0.2) is 53.7 Å². The summed E-state index contributed by atoms with van der Waals surface area (Å²) in [7, 11) is 2.52. The molecule has 212 valence electrons. The molecule has 2 aromatic rings. The van der Waals surface area contributed by atoms with Crippen molar-refractivity contribution >= 4 is 29.6 Å². The molecule has 1 fully saturated rings. The van der Waals surface area contributed by atoms with Crippen LogP contribution in [0.2, 0.25) is 0 Å². The van der Waals surface area contributed by atoms with E-state index in [1.54, 1.807) is 36.5 Å². The number of methoxy groups -OCH3 is 2. The number of phenolic OH excluding ortho intramolecular Hbond substituents is 1. The van der Waals surface area contributed by atoms with Gasteiger partial charge in [0.25, 0.3) is 0 Å². The molecule has 1 aliphatic carbocycles. The zero-order valence-electron chi connectivity index (χ0n) is 22.1. The van der Waals surface area contributed by atoms with Gasteiger partial charge in [0.15, 0.2) is 11.6 Å². The van der Waals surface area contributed by atoms with E-state index < -0.39 is 59.9 Å². The average molecular weight is 555 g/mol. The fraction of sp³-hybridized carbons (Fsp3) is 0.379. The first-order valence-electron chi connectivity index (χ1n) is 12.8. The quantitative estimate of drug-likeness (QED) is 0.314. The minimum Gasteiger partial charge on any atom is -0.505 e. The number of phenols is 1. The van der Waals surface area contributed by atoms with Crippen LogP contribution < -0.4 is 0 Å². The summed E-state index contributed by atoms with van der Waals surface area (Å²) in [5.74, 6) is -5.57. The van der Waals surface area contributed by atoms with Crippen molar-refractivity contribution < 1.29 is 43.6 Å². The second-order valence-corrected chi connectivity index (χ2v) is 9.75. The lowest BCUT2D eigenvalue weighted by Crippen LogP contribution is -2.40. The first-order chi connectivity index (χ1) is 19.2. The number of aliphatic hydroxyl groups excluding tert-OH is 2. The molecule has 1 aromatic carbocycles. The molecule has 1 aromatic heterocycles. The van der Waals surface area contributed by atoms with E-state index in [2.05, 4.69) is 9.72 Å². The average Bonchev–Trinajstić information content (AvgIpc) is 3.21. The second-order valence-electron chi connectivity index (χ2n) is 9.75. The van der Waals surface area contributed by atoms with Gasteiger partial charge in [-0.2, -0.15) is 4.90 Å². The third-order valence-electron chi connectivity index (χ3n) is 7.41. The molecule has 10 nitrogen and oxygen atoms in total. The Bertz CT molecular complexity index is 1340. The number of aliphatic hydroxyl groups is 2. The van der Waals surface area contributed by atoms with Gasteiger partial charge in [0.2, 0.25) is 11.8 Å². The van der Waals surface area contributed by atoms with Gasteiger partial charge in [-0.05, 0) is 71.9 Å². The first kappa shape index (κ1) is 29.1. The molecule has 3 N–H and O–H groups in total. The monoisotopic (exact) mass is 554 g/mol. The maximum Gasteiger partial charge on any atom is 0.423 e. The van der Waals surface area contributed by atoms with Gasteiger partial charge in [-0.25, -0.2) is 9.18 Å². The van der Waals surface area contributed by atoms with Crippen molar-refractivity contribution in [2.75, 3.05) is 27.4 Å². The molecule has 0 bridgehead atoms. The highest BCUT2D eigenvalue weighted by atomic mass is 19.1. The number of aromatic nitrogens is 1. The number of pyridine rings is 1. The molecular formula is C29H31FN2O8. The number of hydrogen-bond acceptors (Lipinski definition) is 9. The van der Waals surface area contributed by atoms with Crippen LogP contribution in [0.5, 0.6) is 5.75 Å². The number of hydrogen-bond donors (Lipinski definition) is 3. The molecule has 40 heavy (non-hydrogen) atoms. The Labute approximate surface area is 230 Å². The number of likely N-dealkylation sites (tertiary alicyclic amines) is 1. The third-order valence-corrected chi connectivity index (χ3v) is 7.41. The summed E-state index contributed by atoms with van der Waals surface area (Å²) >= 11 is 0. The van der Waals surface area contributed by atoms with Gasteiger partial charge < -0.3 is 24.8 Å². The summed E-state index contributed by atoms with van der Waals surface area (Å²) in [6.45, 7) is -0.480. The Kier molecular flexibility index (Phi) is 9.08. The molecule has 0 saturated carbocycles. The lowest BCUT2D eigenvalue weighted by Gasteiger charge is -2.36. The number of imide groups is 3. The van der Waals surface area contributed by atoms with Gasteiger partial charge >= 0.3 is 6.09 Å². The number of carbonyl (C=O) groups is 3. The van der Waals surface area contributed by atoms with Crippen LogP contribution in [0.1, 0.15) is 30.5 Å². The number of rotatable bonds is 9. The summed E-state index contributed by atoms with van der Waals surface area (Å²) in [5, 5.41) is 31.4. The van der Waals surface area contributed by atoms with E-state index >= 15 is 0 Å². The molecule has 4 atom stereocenters. The molecule has 0 radical (unpaired) electrons. The largest absolute Gasteiger partial charge is 0.505 e. The van der Waals surface area contributed by atoms with E-state index in [0.29, 0.717) is 32.9 Å². The van der Waals surface area contributed by atoms with E-state index in [1.165, 1.54) is 19.2 Å². The van der Waals surface area contributed by atoms with Crippen LogP contribution in [-0.4, -0.2) is 76.6 Å². The molecule has 1 aliphatic heterocycles. The third kappa shape index (κ3) is 5.67. The Morgan fingerprint density at radius 2 is 2.00 bits per heavy atom. The molecule has 0 unspecified atom stereocenters. The number of benzene rings is 1. The predicted octanol–water partition coefficient (Wildman–Crippen LogP) is 2.93. The van der Waals surface area contributed by atoms with E-state index in [9.17, 15) is 34.1 Å². The van der Waals surface area contributed by atoms with E-state index in [4.69, 9.17) is 4.74 Å². The topological polar surface area (TPSA) is 146 Å². The van der Waals surface area contributed by atoms with E-state index in [0.717, 1.165) is 7.11 Å². The molecule has 3 amide bonds. The van der Waals surface area contributed by atoms with Gasteiger partial charge in [-0.1, -0.05) is 12.1 Å². The lowest BCUT2D eigenvalue weighted by molar-refractivity contribution is -0.137. The summed E-state index contributed by atoms with van der Waals surface area (Å²) in [6, 6.07) is 9.30. The zero-order valence-corrected chi connectivity index (χ0v) is 22.1. The van der Waals surface area contributed by atoms with Crippen molar-refractivity contribution in [2.24, 2.45) is 17.8 Å². The fourth-order valence-electron chi connectivity index (χ4n) is 5.63. The molecule has 4 rings (SSSR count). The number of amides is 3. The summed E-state index contributed by atoms with van der Waals surface area (Å²) in [5.41, 5.74) is 2.73. The van der Waals surface area contributed by atoms with Crippen LogP contribution in [-0.2, 0) is 19.1 Å². The van der Waals surface area contributed by atoms with Crippen molar-refractivity contribution in [3.8, 4) is 5.75 Å².